The van der Waals surface area contributed by atoms with Gasteiger partial charge in [0.25, 0.3) is 0 Å². The number of anilines is 1. The van der Waals surface area contributed by atoms with Gasteiger partial charge in [0.15, 0.2) is 11.5 Å². The first kappa shape index (κ1) is 11.7. The Morgan fingerprint density at radius 1 is 1.22 bits per heavy atom. The van der Waals surface area contributed by atoms with Crippen LogP contribution in [0.3, 0.4) is 0 Å². The zero-order valence-corrected chi connectivity index (χ0v) is 10.8. The molecule has 0 amide bonds. The fourth-order valence-electron chi connectivity index (χ4n) is 2.68. The number of rotatable bonds is 2. The number of hydrogen-bond donors (Lipinski definition) is 1. The number of piperidine rings is 1. The van der Waals surface area contributed by atoms with Gasteiger partial charge in [-0.2, -0.15) is 0 Å². The predicted molar refractivity (Wildman–Crippen MR) is 71.7 cm³/mol. The molecule has 4 heteroatoms. The van der Waals surface area contributed by atoms with Gasteiger partial charge in [-0.25, -0.2) is 0 Å². The second kappa shape index (κ2) is 5.06. The molecular formula is C14H20N2O2. The van der Waals surface area contributed by atoms with Gasteiger partial charge in [0.05, 0.1) is 0 Å². The van der Waals surface area contributed by atoms with Crippen LogP contribution >= 0.6 is 0 Å². The van der Waals surface area contributed by atoms with Crippen LogP contribution < -0.4 is 19.7 Å². The van der Waals surface area contributed by atoms with Gasteiger partial charge in [0, 0.05) is 30.9 Å². The molecule has 1 aromatic rings. The summed E-state index contributed by atoms with van der Waals surface area (Å²) in [5, 5.41) is 3.37. The van der Waals surface area contributed by atoms with Gasteiger partial charge in [-0.15, -0.1) is 0 Å². The molecular weight excluding hydrogens is 228 g/mol. The van der Waals surface area contributed by atoms with E-state index >= 15 is 0 Å². The molecule has 0 saturated carbocycles. The Labute approximate surface area is 108 Å². The molecule has 1 saturated heterocycles. The molecule has 1 fully saturated rings. The zero-order valence-electron chi connectivity index (χ0n) is 10.8. The average molecular weight is 248 g/mol. The Bertz CT molecular complexity index is 422. The van der Waals surface area contributed by atoms with E-state index in [0.717, 1.165) is 24.6 Å². The summed E-state index contributed by atoms with van der Waals surface area (Å²) in [4.78, 5) is 2.42. The number of nitrogens with one attached hydrogen (secondary N) is 1. The molecule has 18 heavy (non-hydrogen) atoms. The van der Waals surface area contributed by atoms with Gasteiger partial charge in [-0.05, 0) is 32.0 Å². The van der Waals surface area contributed by atoms with Crippen molar-refractivity contribution in [3.63, 3.8) is 0 Å². The molecule has 1 unspecified atom stereocenters. The van der Waals surface area contributed by atoms with Crippen molar-refractivity contribution >= 4 is 5.69 Å². The molecule has 0 spiro atoms. The second-order valence-corrected chi connectivity index (χ2v) is 4.90. The minimum Gasteiger partial charge on any atom is -0.486 e. The van der Waals surface area contributed by atoms with Gasteiger partial charge < -0.3 is 19.7 Å². The maximum absolute atomic E-state index is 5.64. The Balaban J connectivity index is 1.79. The first-order valence-corrected chi connectivity index (χ1v) is 6.68. The van der Waals surface area contributed by atoms with Crippen LogP contribution in [0.25, 0.3) is 0 Å². The standard InChI is InChI=1S/C14H20N2O2/c1-15-11-3-2-6-16(10-11)12-4-5-13-14(9-12)18-8-7-17-13/h4-5,9,11,15H,2-3,6-8,10H2,1H3. The highest BCUT2D eigenvalue weighted by Crippen LogP contribution is 2.34. The van der Waals surface area contributed by atoms with Crippen LogP contribution in [0, 0.1) is 0 Å². The first-order valence-electron chi connectivity index (χ1n) is 6.68. The van der Waals surface area contributed by atoms with Crippen LogP contribution in [-0.4, -0.2) is 39.4 Å². The number of benzene rings is 1. The maximum Gasteiger partial charge on any atom is 0.163 e. The molecule has 0 aromatic heterocycles. The van der Waals surface area contributed by atoms with Crippen LogP contribution in [0.15, 0.2) is 18.2 Å². The van der Waals surface area contributed by atoms with E-state index in [9.17, 15) is 0 Å². The third-order valence-electron chi connectivity index (χ3n) is 3.72. The summed E-state index contributed by atoms with van der Waals surface area (Å²) >= 11 is 0. The van der Waals surface area contributed by atoms with E-state index in [1.165, 1.54) is 18.5 Å². The van der Waals surface area contributed by atoms with Gasteiger partial charge in [-0.3, -0.25) is 0 Å². The fraction of sp³-hybridized carbons (Fsp3) is 0.571. The normalized spacial score (nSPS) is 22.9. The quantitative estimate of drug-likeness (QED) is 0.863. The third kappa shape index (κ3) is 2.25. The molecule has 98 valence electrons. The number of ether oxygens (including phenoxy) is 2. The van der Waals surface area contributed by atoms with E-state index < -0.39 is 0 Å². The largest absolute Gasteiger partial charge is 0.486 e. The molecule has 0 bridgehead atoms. The number of likely N-dealkylation sites (N-methyl/N-ethyl adjacent to an activating group) is 1. The van der Waals surface area contributed by atoms with Crippen molar-refractivity contribution in [2.45, 2.75) is 18.9 Å². The molecule has 0 radical (unpaired) electrons. The molecule has 0 aliphatic carbocycles. The fourth-order valence-corrected chi connectivity index (χ4v) is 2.68. The van der Waals surface area contributed by atoms with E-state index in [2.05, 4.69) is 22.3 Å². The highest BCUT2D eigenvalue weighted by atomic mass is 16.6. The van der Waals surface area contributed by atoms with E-state index in [0.29, 0.717) is 19.3 Å². The SMILES string of the molecule is CNC1CCCN(c2ccc3c(c2)OCCO3)C1. The summed E-state index contributed by atoms with van der Waals surface area (Å²) < 4.78 is 11.2. The predicted octanol–water partition coefficient (Wildman–Crippen LogP) is 1.65. The molecule has 1 aromatic carbocycles. The minimum absolute atomic E-state index is 0.590. The van der Waals surface area contributed by atoms with Gasteiger partial charge in [0.1, 0.15) is 13.2 Å². The lowest BCUT2D eigenvalue weighted by molar-refractivity contribution is 0.171. The molecule has 2 aliphatic heterocycles. The Kier molecular flexibility index (Phi) is 3.28. The van der Waals surface area contributed by atoms with Gasteiger partial charge in [-0.1, -0.05) is 0 Å². The molecule has 1 N–H and O–H groups in total. The lowest BCUT2D eigenvalue weighted by atomic mass is 10.1. The molecule has 4 nitrogen and oxygen atoms in total. The molecule has 3 rings (SSSR count). The number of fused-ring (bicyclic) bond motifs is 1. The number of hydrogen-bond acceptors (Lipinski definition) is 4. The highest BCUT2D eigenvalue weighted by Gasteiger charge is 2.20. The summed E-state index contributed by atoms with van der Waals surface area (Å²) in [6.45, 7) is 3.49. The Morgan fingerprint density at radius 3 is 2.89 bits per heavy atom. The number of nitrogens with zero attached hydrogens (tertiary/aromatic N) is 1. The van der Waals surface area contributed by atoms with Crippen LogP contribution in [0.4, 0.5) is 5.69 Å². The third-order valence-corrected chi connectivity index (χ3v) is 3.72. The van der Waals surface area contributed by atoms with E-state index in [-0.39, 0.29) is 0 Å². The van der Waals surface area contributed by atoms with Crippen molar-refractivity contribution in [2.24, 2.45) is 0 Å². The maximum atomic E-state index is 5.64. The minimum atomic E-state index is 0.590. The van der Waals surface area contributed by atoms with Crippen molar-refractivity contribution in [3.05, 3.63) is 18.2 Å². The monoisotopic (exact) mass is 248 g/mol. The lowest BCUT2D eigenvalue weighted by Crippen LogP contribution is -2.44. The van der Waals surface area contributed by atoms with E-state index in [1.54, 1.807) is 0 Å². The van der Waals surface area contributed by atoms with Crippen molar-refractivity contribution in [2.75, 3.05) is 38.3 Å². The van der Waals surface area contributed by atoms with E-state index in [1.807, 2.05) is 13.1 Å². The van der Waals surface area contributed by atoms with Crippen molar-refractivity contribution in [1.82, 2.24) is 5.32 Å². The van der Waals surface area contributed by atoms with Crippen molar-refractivity contribution in [3.8, 4) is 11.5 Å². The Hall–Kier alpha value is -1.42. The van der Waals surface area contributed by atoms with E-state index in [4.69, 9.17) is 9.47 Å². The van der Waals surface area contributed by atoms with Crippen molar-refractivity contribution < 1.29 is 9.47 Å². The summed E-state index contributed by atoms with van der Waals surface area (Å²) in [5.74, 6) is 1.75. The van der Waals surface area contributed by atoms with Crippen LogP contribution in [-0.2, 0) is 0 Å². The lowest BCUT2D eigenvalue weighted by Gasteiger charge is -2.34. The summed E-state index contributed by atoms with van der Waals surface area (Å²) in [5.41, 5.74) is 1.24. The average Bonchev–Trinajstić information content (AvgIpc) is 2.47. The Morgan fingerprint density at radius 2 is 2.06 bits per heavy atom. The second-order valence-electron chi connectivity index (χ2n) is 4.90. The first-order chi connectivity index (χ1) is 8.86. The summed E-state index contributed by atoms with van der Waals surface area (Å²) in [6.07, 6.45) is 2.50. The van der Waals surface area contributed by atoms with Gasteiger partial charge in [0.2, 0.25) is 0 Å². The highest BCUT2D eigenvalue weighted by molar-refractivity contribution is 5.57. The topological polar surface area (TPSA) is 33.7 Å². The van der Waals surface area contributed by atoms with Crippen molar-refractivity contribution in [1.29, 1.82) is 0 Å². The zero-order chi connectivity index (χ0) is 12.4. The molecule has 2 aliphatic rings. The van der Waals surface area contributed by atoms with Crippen LogP contribution in [0.1, 0.15) is 12.8 Å². The smallest absolute Gasteiger partial charge is 0.163 e. The summed E-state index contributed by atoms with van der Waals surface area (Å²) in [6, 6.07) is 6.84. The molecule has 2 heterocycles. The molecule has 1 atom stereocenters. The van der Waals surface area contributed by atoms with Crippen LogP contribution in [0.2, 0.25) is 0 Å². The van der Waals surface area contributed by atoms with Gasteiger partial charge >= 0.3 is 0 Å². The summed E-state index contributed by atoms with van der Waals surface area (Å²) in [7, 11) is 2.04. The van der Waals surface area contributed by atoms with Crippen LogP contribution in [0.5, 0.6) is 11.5 Å².